The normalized spacial score (nSPS) is 14.9. The predicted molar refractivity (Wildman–Crippen MR) is 42.3 cm³/mol. The van der Waals surface area contributed by atoms with Gasteiger partial charge in [0.15, 0.2) is 0 Å². The number of hydrogen-bond acceptors (Lipinski definition) is 4. The van der Waals surface area contributed by atoms with Gasteiger partial charge in [-0.25, -0.2) is 4.79 Å². The van der Waals surface area contributed by atoms with Gasteiger partial charge >= 0.3 is 5.97 Å². The van der Waals surface area contributed by atoms with E-state index in [9.17, 15) is 9.59 Å². The molecule has 2 atom stereocenters. The minimum atomic E-state index is -1.16. The van der Waals surface area contributed by atoms with Crippen LogP contribution in [0.4, 0.5) is 0 Å². The molecule has 0 unspecified atom stereocenters. The highest BCUT2D eigenvalue weighted by molar-refractivity contribution is 5.86. The van der Waals surface area contributed by atoms with E-state index in [1.807, 2.05) is 0 Å². The van der Waals surface area contributed by atoms with Crippen molar-refractivity contribution in [3.63, 3.8) is 0 Å². The van der Waals surface area contributed by atoms with Gasteiger partial charge in [0.2, 0.25) is 5.91 Å². The van der Waals surface area contributed by atoms with E-state index < -0.39 is 24.0 Å². The highest BCUT2D eigenvalue weighted by atomic mass is 16.4. The number of carboxylic acid groups (broad SMARTS) is 1. The lowest BCUT2D eigenvalue weighted by Crippen LogP contribution is -2.50. The van der Waals surface area contributed by atoms with E-state index in [-0.39, 0.29) is 6.54 Å². The Balaban J connectivity index is 4.03. The van der Waals surface area contributed by atoms with Gasteiger partial charge in [-0.2, -0.15) is 0 Å². The molecule has 0 bridgehead atoms. The molecule has 0 fully saturated rings. The van der Waals surface area contributed by atoms with Gasteiger partial charge in [-0.05, 0) is 6.92 Å². The molecule has 0 rings (SSSR count). The summed E-state index contributed by atoms with van der Waals surface area (Å²) in [5.41, 5.74) is 10.3. The molecule has 70 valence electrons. The summed E-state index contributed by atoms with van der Waals surface area (Å²) in [6.45, 7) is 1.32. The minimum absolute atomic E-state index is 0.145. The Hall–Kier alpha value is -1.14. The van der Waals surface area contributed by atoms with Crippen LogP contribution in [0.15, 0.2) is 0 Å². The highest BCUT2D eigenvalue weighted by Crippen LogP contribution is 1.83. The van der Waals surface area contributed by atoms with Gasteiger partial charge in [0.25, 0.3) is 0 Å². The van der Waals surface area contributed by atoms with Gasteiger partial charge in [-0.3, -0.25) is 4.79 Å². The summed E-state index contributed by atoms with van der Waals surface area (Å²) in [6.07, 6.45) is 0. The molecule has 0 aromatic rings. The molecule has 0 aliphatic rings. The second-order valence-corrected chi connectivity index (χ2v) is 2.42. The summed E-state index contributed by atoms with van der Waals surface area (Å²) < 4.78 is 0. The van der Waals surface area contributed by atoms with E-state index in [4.69, 9.17) is 16.6 Å². The van der Waals surface area contributed by atoms with Crippen molar-refractivity contribution < 1.29 is 14.7 Å². The van der Waals surface area contributed by atoms with Crippen LogP contribution in [0.25, 0.3) is 0 Å². The van der Waals surface area contributed by atoms with Crippen molar-refractivity contribution in [2.24, 2.45) is 11.5 Å². The molecule has 0 heterocycles. The van der Waals surface area contributed by atoms with Crippen molar-refractivity contribution in [1.82, 2.24) is 5.32 Å². The summed E-state index contributed by atoms with van der Waals surface area (Å²) in [7, 11) is 0. The SMILES string of the molecule is C[C@H](N)C(=O)N[C@@H](CN)C(=O)O. The largest absolute Gasteiger partial charge is 0.480 e. The summed E-state index contributed by atoms with van der Waals surface area (Å²) in [6, 6.07) is -1.78. The fourth-order valence-electron chi connectivity index (χ4n) is 0.525. The maximum Gasteiger partial charge on any atom is 0.327 e. The molecule has 1 amide bonds. The Morgan fingerprint density at radius 2 is 2.08 bits per heavy atom. The highest BCUT2D eigenvalue weighted by Gasteiger charge is 2.19. The van der Waals surface area contributed by atoms with Crippen LogP contribution in [0.1, 0.15) is 6.92 Å². The molecule has 12 heavy (non-hydrogen) atoms. The summed E-state index contributed by atoms with van der Waals surface area (Å²) in [4.78, 5) is 21.2. The number of amides is 1. The average molecular weight is 175 g/mol. The first kappa shape index (κ1) is 10.9. The van der Waals surface area contributed by atoms with Crippen molar-refractivity contribution in [2.45, 2.75) is 19.0 Å². The van der Waals surface area contributed by atoms with E-state index in [1.165, 1.54) is 6.92 Å². The average Bonchev–Trinajstić information content (AvgIpc) is 1.98. The number of carboxylic acids is 1. The molecule has 0 spiro atoms. The lowest BCUT2D eigenvalue weighted by Gasteiger charge is -2.13. The Morgan fingerprint density at radius 1 is 1.58 bits per heavy atom. The maximum absolute atomic E-state index is 10.9. The van der Waals surface area contributed by atoms with E-state index in [2.05, 4.69) is 5.32 Å². The number of rotatable bonds is 4. The molecule has 0 radical (unpaired) electrons. The van der Waals surface area contributed by atoms with Crippen LogP contribution in [-0.4, -0.2) is 35.6 Å². The topological polar surface area (TPSA) is 118 Å². The molecule has 0 saturated heterocycles. The van der Waals surface area contributed by atoms with Gasteiger partial charge in [-0.1, -0.05) is 0 Å². The van der Waals surface area contributed by atoms with Crippen LogP contribution in [0.3, 0.4) is 0 Å². The summed E-state index contributed by atoms with van der Waals surface area (Å²) in [5, 5.41) is 10.6. The molecule has 0 aromatic heterocycles. The third kappa shape index (κ3) is 3.31. The summed E-state index contributed by atoms with van der Waals surface area (Å²) >= 11 is 0. The zero-order chi connectivity index (χ0) is 9.72. The molecule has 6 nitrogen and oxygen atoms in total. The minimum Gasteiger partial charge on any atom is -0.480 e. The Morgan fingerprint density at radius 3 is 2.33 bits per heavy atom. The van der Waals surface area contributed by atoms with E-state index in [0.717, 1.165) is 0 Å². The lowest BCUT2D eigenvalue weighted by molar-refractivity contribution is -0.141. The molecule has 6 N–H and O–H groups in total. The van der Waals surface area contributed by atoms with Crippen LogP contribution in [0.5, 0.6) is 0 Å². The number of carbonyl (C=O) groups excluding carboxylic acids is 1. The zero-order valence-electron chi connectivity index (χ0n) is 6.78. The second-order valence-electron chi connectivity index (χ2n) is 2.42. The first-order valence-electron chi connectivity index (χ1n) is 3.48. The Bertz CT molecular complexity index is 181. The van der Waals surface area contributed by atoms with Crippen molar-refractivity contribution in [3.05, 3.63) is 0 Å². The van der Waals surface area contributed by atoms with Crippen LogP contribution < -0.4 is 16.8 Å². The van der Waals surface area contributed by atoms with Crippen LogP contribution >= 0.6 is 0 Å². The zero-order valence-corrected chi connectivity index (χ0v) is 6.78. The van der Waals surface area contributed by atoms with Gasteiger partial charge < -0.3 is 21.9 Å². The molecular weight excluding hydrogens is 162 g/mol. The molecule has 6 heteroatoms. The molecule has 0 aliphatic heterocycles. The van der Waals surface area contributed by atoms with Crippen molar-refractivity contribution in [1.29, 1.82) is 0 Å². The third-order valence-corrected chi connectivity index (χ3v) is 1.26. The van der Waals surface area contributed by atoms with Crippen LogP contribution in [0.2, 0.25) is 0 Å². The van der Waals surface area contributed by atoms with E-state index in [0.29, 0.717) is 0 Å². The number of nitrogens with one attached hydrogen (secondary N) is 1. The van der Waals surface area contributed by atoms with E-state index in [1.54, 1.807) is 0 Å². The van der Waals surface area contributed by atoms with Crippen LogP contribution in [-0.2, 0) is 9.59 Å². The molecular formula is C6H13N3O3. The number of hydrogen-bond donors (Lipinski definition) is 4. The van der Waals surface area contributed by atoms with Crippen molar-refractivity contribution in [2.75, 3.05) is 6.54 Å². The fraction of sp³-hybridized carbons (Fsp3) is 0.667. The van der Waals surface area contributed by atoms with Crippen molar-refractivity contribution in [3.8, 4) is 0 Å². The van der Waals surface area contributed by atoms with Gasteiger partial charge in [0, 0.05) is 6.54 Å². The predicted octanol–water partition coefficient (Wildman–Crippen LogP) is -2.14. The third-order valence-electron chi connectivity index (χ3n) is 1.26. The molecule has 0 aliphatic carbocycles. The maximum atomic E-state index is 10.9. The fourth-order valence-corrected chi connectivity index (χ4v) is 0.525. The van der Waals surface area contributed by atoms with Gasteiger partial charge in [-0.15, -0.1) is 0 Å². The smallest absolute Gasteiger partial charge is 0.327 e. The van der Waals surface area contributed by atoms with Crippen LogP contribution in [0, 0.1) is 0 Å². The number of carbonyl (C=O) groups is 2. The first-order chi connectivity index (χ1) is 5.49. The van der Waals surface area contributed by atoms with Gasteiger partial charge in [0.05, 0.1) is 6.04 Å². The number of nitrogens with two attached hydrogens (primary N) is 2. The monoisotopic (exact) mass is 175 g/mol. The second kappa shape index (κ2) is 4.68. The first-order valence-corrected chi connectivity index (χ1v) is 3.48. The molecule has 0 saturated carbocycles. The Labute approximate surface area is 69.9 Å². The Kier molecular flexibility index (Phi) is 4.24. The van der Waals surface area contributed by atoms with E-state index >= 15 is 0 Å². The van der Waals surface area contributed by atoms with Gasteiger partial charge in [0.1, 0.15) is 6.04 Å². The molecule has 0 aromatic carbocycles. The standard InChI is InChI=1S/C6H13N3O3/c1-3(8)5(10)9-4(2-7)6(11)12/h3-4H,2,7-8H2,1H3,(H,9,10)(H,11,12)/t3-,4-/m0/s1. The lowest BCUT2D eigenvalue weighted by atomic mass is 10.2. The quantitative estimate of drug-likeness (QED) is 0.389. The summed E-state index contributed by atoms with van der Waals surface area (Å²) in [5.74, 6) is -1.68. The number of aliphatic carboxylic acids is 1. The van der Waals surface area contributed by atoms with Crippen molar-refractivity contribution >= 4 is 11.9 Å².